The van der Waals surface area contributed by atoms with Crippen molar-refractivity contribution in [2.45, 2.75) is 31.6 Å². The Labute approximate surface area is 197 Å². The van der Waals surface area contributed by atoms with E-state index in [2.05, 4.69) is 16.0 Å². The summed E-state index contributed by atoms with van der Waals surface area (Å²) in [7, 11) is -3.88. The SMILES string of the molecule is CC(=O)Nc1ccc(NC(=O)[C@H]2CCCN(S(=O)(=O)c3cc4c(cc3C)NC(=O)CO4)C2)cc1. The zero-order valence-corrected chi connectivity index (χ0v) is 19.7. The Bertz CT molecular complexity index is 1240. The van der Waals surface area contributed by atoms with E-state index < -0.39 is 15.9 Å². The third-order valence-electron chi connectivity index (χ3n) is 5.76. The van der Waals surface area contributed by atoms with Gasteiger partial charge in [0.25, 0.3) is 5.91 Å². The molecule has 1 fully saturated rings. The molecule has 0 aliphatic carbocycles. The van der Waals surface area contributed by atoms with E-state index in [0.717, 1.165) is 0 Å². The van der Waals surface area contributed by atoms with Crippen LogP contribution in [0, 0.1) is 12.8 Å². The van der Waals surface area contributed by atoms with E-state index >= 15 is 0 Å². The maximum absolute atomic E-state index is 13.4. The predicted molar refractivity (Wildman–Crippen MR) is 126 cm³/mol. The van der Waals surface area contributed by atoms with Crippen LogP contribution >= 0.6 is 0 Å². The third-order valence-corrected chi connectivity index (χ3v) is 7.76. The number of benzene rings is 2. The van der Waals surface area contributed by atoms with Crippen molar-refractivity contribution >= 4 is 44.8 Å². The van der Waals surface area contributed by atoms with Crippen molar-refractivity contribution in [3.8, 4) is 5.75 Å². The second-order valence-corrected chi connectivity index (χ2v) is 10.3. The summed E-state index contributed by atoms with van der Waals surface area (Å²) in [6, 6.07) is 9.72. The second-order valence-electron chi connectivity index (χ2n) is 8.40. The fourth-order valence-electron chi connectivity index (χ4n) is 4.09. The zero-order chi connectivity index (χ0) is 24.5. The summed E-state index contributed by atoms with van der Waals surface area (Å²) in [5.74, 6) is -0.951. The normalized spacial score (nSPS) is 18.3. The van der Waals surface area contributed by atoms with Crippen LogP contribution in [-0.2, 0) is 24.4 Å². The van der Waals surface area contributed by atoms with Gasteiger partial charge in [-0.05, 0) is 55.7 Å². The first-order chi connectivity index (χ1) is 16.1. The summed E-state index contributed by atoms with van der Waals surface area (Å²) in [4.78, 5) is 35.6. The number of aryl methyl sites for hydroxylation is 1. The molecular weight excluding hydrogens is 460 g/mol. The van der Waals surface area contributed by atoms with Crippen LogP contribution in [-0.4, -0.2) is 50.1 Å². The fraction of sp³-hybridized carbons (Fsp3) is 0.348. The first-order valence-corrected chi connectivity index (χ1v) is 12.3. The van der Waals surface area contributed by atoms with Gasteiger partial charge in [-0.2, -0.15) is 4.31 Å². The van der Waals surface area contributed by atoms with Crippen molar-refractivity contribution in [1.82, 2.24) is 4.31 Å². The molecule has 2 aromatic rings. The van der Waals surface area contributed by atoms with E-state index in [1.807, 2.05) is 0 Å². The predicted octanol–water partition coefficient (Wildman–Crippen LogP) is 2.32. The highest BCUT2D eigenvalue weighted by atomic mass is 32.2. The minimum Gasteiger partial charge on any atom is -0.482 e. The number of carbonyl (C=O) groups is 3. The van der Waals surface area contributed by atoms with Crippen molar-refractivity contribution in [3.63, 3.8) is 0 Å². The van der Waals surface area contributed by atoms with Crippen molar-refractivity contribution in [2.75, 3.05) is 35.6 Å². The Balaban J connectivity index is 1.47. The maximum atomic E-state index is 13.4. The number of ether oxygens (including phenoxy) is 1. The van der Waals surface area contributed by atoms with E-state index in [0.29, 0.717) is 47.8 Å². The highest BCUT2D eigenvalue weighted by molar-refractivity contribution is 7.89. The number of nitrogens with zero attached hydrogens (tertiary/aromatic N) is 1. The van der Waals surface area contributed by atoms with E-state index in [1.165, 1.54) is 17.3 Å². The lowest BCUT2D eigenvalue weighted by molar-refractivity contribution is -0.121. The number of hydrogen-bond donors (Lipinski definition) is 3. The molecule has 3 amide bonds. The van der Waals surface area contributed by atoms with Gasteiger partial charge in [-0.1, -0.05) is 0 Å². The Morgan fingerprint density at radius 1 is 1.12 bits per heavy atom. The molecule has 2 heterocycles. The van der Waals surface area contributed by atoms with Crippen LogP contribution < -0.4 is 20.7 Å². The lowest BCUT2D eigenvalue weighted by Gasteiger charge is -2.32. The van der Waals surface area contributed by atoms with Crippen molar-refractivity contribution in [1.29, 1.82) is 0 Å². The molecule has 2 aromatic carbocycles. The number of rotatable bonds is 5. The Kier molecular flexibility index (Phi) is 6.58. The van der Waals surface area contributed by atoms with Gasteiger partial charge in [0.05, 0.1) is 16.5 Å². The average molecular weight is 487 g/mol. The first-order valence-electron chi connectivity index (χ1n) is 10.9. The molecule has 0 radical (unpaired) electrons. The van der Waals surface area contributed by atoms with Gasteiger partial charge in [-0.15, -0.1) is 0 Å². The summed E-state index contributed by atoms with van der Waals surface area (Å²) >= 11 is 0. The van der Waals surface area contributed by atoms with Gasteiger partial charge in [-0.25, -0.2) is 8.42 Å². The molecule has 1 saturated heterocycles. The Hall–Kier alpha value is -3.44. The zero-order valence-electron chi connectivity index (χ0n) is 18.9. The Morgan fingerprint density at radius 2 is 1.79 bits per heavy atom. The van der Waals surface area contributed by atoms with Gasteiger partial charge in [-0.3, -0.25) is 14.4 Å². The number of amides is 3. The molecule has 0 aromatic heterocycles. The van der Waals surface area contributed by atoms with Gasteiger partial charge < -0.3 is 20.7 Å². The number of anilines is 3. The summed E-state index contributed by atoms with van der Waals surface area (Å²) in [5, 5.41) is 8.16. The van der Waals surface area contributed by atoms with Gasteiger partial charge in [0.15, 0.2) is 6.61 Å². The molecule has 180 valence electrons. The van der Waals surface area contributed by atoms with Gasteiger partial charge >= 0.3 is 0 Å². The average Bonchev–Trinajstić information content (AvgIpc) is 2.79. The topological polar surface area (TPSA) is 134 Å². The van der Waals surface area contributed by atoms with Crippen LogP contribution in [0.4, 0.5) is 17.1 Å². The summed E-state index contributed by atoms with van der Waals surface area (Å²) in [6.07, 6.45) is 1.12. The van der Waals surface area contributed by atoms with Crippen molar-refractivity contribution in [3.05, 3.63) is 42.0 Å². The molecule has 3 N–H and O–H groups in total. The fourth-order valence-corrected chi connectivity index (χ4v) is 5.84. The highest BCUT2D eigenvalue weighted by Crippen LogP contribution is 2.35. The lowest BCUT2D eigenvalue weighted by atomic mass is 9.98. The minimum atomic E-state index is -3.88. The molecule has 4 rings (SSSR count). The van der Waals surface area contributed by atoms with E-state index in [1.54, 1.807) is 37.3 Å². The molecule has 0 bridgehead atoms. The van der Waals surface area contributed by atoms with Crippen molar-refractivity contribution in [2.24, 2.45) is 5.92 Å². The first kappa shape index (κ1) is 23.7. The molecule has 11 heteroatoms. The van der Waals surface area contributed by atoms with E-state index in [-0.39, 0.29) is 35.8 Å². The largest absolute Gasteiger partial charge is 0.482 e. The van der Waals surface area contributed by atoms with Crippen LogP contribution in [0.1, 0.15) is 25.3 Å². The van der Waals surface area contributed by atoms with E-state index in [4.69, 9.17) is 4.74 Å². The summed E-state index contributed by atoms with van der Waals surface area (Å²) in [5.41, 5.74) is 2.09. The highest BCUT2D eigenvalue weighted by Gasteiger charge is 2.35. The molecule has 2 aliphatic rings. The molecule has 10 nitrogen and oxygen atoms in total. The van der Waals surface area contributed by atoms with E-state index in [9.17, 15) is 22.8 Å². The van der Waals surface area contributed by atoms with Crippen LogP contribution in [0.5, 0.6) is 5.75 Å². The van der Waals surface area contributed by atoms with Gasteiger partial charge in [0.2, 0.25) is 21.8 Å². The number of piperidine rings is 1. The van der Waals surface area contributed by atoms with Gasteiger partial charge in [0.1, 0.15) is 5.75 Å². The quantitative estimate of drug-likeness (QED) is 0.594. The van der Waals surface area contributed by atoms with Gasteiger partial charge in [0, 0.05) is 37.5 Å². The molecule has 0 unspecified atom stereocenters. The van der Waals surface area contributed by atoms with Crippen LogP contribution in [0.15, 0.2) is 41.3 Å². The monoisotopic (exact) mass is 486 g/mol. The van der Waals surface area contributed by atoms with Crippen LogP contribution in [0.25, 0.3) is 0 Å². The number of nitrogens with one attached hydrogen (secondary N) is 3. The Morgan fingerprint density at radius 3 is 2.47 bits per heavy atom. The third kappa shape index (κ3) is 5.05. The molecule has 0 spiro atoms. The second kappa shape index (κ2) is 9.43. The maximum Gasteiger partial charge on any atom is 0.262 e. The van der Waals surface area contributed by atoms with Crippen molar-refractivity contribution < 1.29 is 27.5 Å². The molecule has 34 heavy (non-hydrogen) atoms. The standard InChI is InChI=1S/C23H26N4O6S/c1-14-10-19-20(33-13-22(29)26-19)11-21(14)34(31,32)27-9-3-4-16(12-27)23(30)25-18-7-5-17(6-8-18)24-15(2)28/h5-8,10-11,16H,3-4,9,12-13H2,1-2H3,(H,24,28)(H,25,30)(H,26,29)/t16-/m0/s1. The lowest BCUT2D eigenvalue weighted by Crippen LogP contribution is -2.43. The smallest absolute Gasteiger partial charge is 0.262 e. The summed E-state index contributed by atoms with van der Waals surface area (Å²) in [6.45, 7) is 3.27. The number of hydrogen-bond acceptors (Lipinski definition) is 6. The minimum absolute atomic E-state index is 0.0618. The summed E-state index contributed by atoms with van der Waals surface area (Å²) < 4.78 is 33.6. The number of fused-ring (bicyclic) bond motifs is 1. The molecule has 0 saturated carbocycles. The van der Waals surface area contributed by atoms with Crippen LogP contribution in [0.2, 0.25) is 0 Å². The molecular formula is C23H26N4O6S. The van der Waals surface area contributed by atoms with Crippen LogP contribution in [0.3, 0.4) is 0 Å². The molecule has 1 atom stereocenters. The number of sulfonamides is 1. The molecule has 2 aliphatic heterocycles. The number of carbonyl (C=O) groups excluding carboxylic acids is 3.